The fourth-order valence-corrected chi connectivity index (χ4v) is 2.15. The number of halogens is 1. The lowest BCUT2D eigenvalue weighted by atomic mass is 9.83. The summed E-state index contributed by atoms with van der Waals surface area (Å²) in [5.41, 5.74) is 4.95. The molecule has 0 spiro atoms. The molecule has 1 aliphatic rings. The number of rotatable bonds is 1. The Morgan fingerprint density at radius 3 is 3.00 bits per heavy atom. The average molecular weight is 242 g/mol. The zero-order valence-corrected chi connectivity index (χ0v) is 9.49. The Morgan fingerprint density at radius 2 is 2.38 bits per heavy atom. The monoisotopic (exact) mass is 241 g/mol. The number of fused-ring (bicyclic) bond motifs is 1. The minimum absolute atomic E-state index is 0.227. The van der Waals surface area contributed by atoms with Crippen molar-refractivity contribution in [2.24, 2.45) is 5.73 Å². The van der Waals surface area contributed by atoms with Gasteiger partial charge in [-0.3, -0.25) is 0 Å². The molecule has 0 amide bonds. The Labute approximate surface area is 98.0 Å². The molecule has 0 fully saturated rings. The topological polar surface area (TPSA) is 72.6 Å². The standard InChI is InChI=1S/C11H12ClNO3/c1-6-5-11(13,10(14)15)8-4-7(12)2-3-9(8)16-6/h2-4,6H,5,13H2,1H3,(H,14,15)/t6-,11+/m1/s1. The van der Waals surface area contributed by atoms with Gasteiger partial charge in [0, 0.05) is 17.0 Å². The largest absolute Gasteiger partial charge is 0.490 e. The molecule has 0 bridgehead atoms. The van der Waals surface area contributed by atoms with Crippen LogP contribution < -0.4 is 10.5 Å². The van der Waals surface area contributed by atoms with Crippen molar-refractivity contribution in [3.05, 3.63) is 28.8 Å². The van der Waals surface area contributed by atoms with Crippen LogP contribution in [0.5, 0.6) is 5.75 Å². The molecule has 0 aliphatic carbocycles. The van der Waals surface area contributed by atoms with Crippen LogP contribution in [0.15, 0.2) is 18.2 Å². The maximum absolute atomic E-state index is 11.3. The highest BCUT2D eigenvalue weighted by molar-refractivity contribution is 6.30. The van der Waals surface area contributed by atoms with Gasteiger partial charge in [-0.1, -0.05) is 11.6 Å². The summed E-state index contributed by atoms with van der Waals surface area (Å²) in [5, 5.41) is 9.68. The Morgan fingerprint density at radius 1 is 1.69 bits per heavy atom. The van der Waals surface area contributed by atoms with Gasteiger partial charge in [0.1, 0.15) is 11.3 Å². The predicted octanol–water partition coefficient (Wildman–Crippen LogP) is 1.75. The summed E-state index contributed by atoms with van der Waals surface area (Å²) in [5.74, 6) is -0.570. The Bertz CT molecular complexity index is 449. The summed E-state index contributed by atoms with van der Waals surface area (Å²) < 4.78 is 5.53. The van der Waals surface area contributed by atoms with Gasteiger partial charge in [0.15, 0.2) is 0 Å². The summed E-state index contributed by atoms with van der Waals surface area (Å²) in [4.78, 5) is 11.3. The molecule has 0 radical (unpaired) electrons. The molecule has 4 nitrogen and oxygen atoms in total. The third-order valence-electron chi connectivity index (χ3n) is 2.74. The molecule has 1 aliphatic heterocycles. The van der Waals surface area contributed by atoms with Crippen LogP contribution in [-0.2, 0) is 10.3 Å². The number of ether oxygens (including phenoxy) is 1. The lowest BCUT2D eigenvalue weighted by Crippen LogP contribution is -2.50. The van der Waals surface area contributed by atoms with E-state index in [9.17, 15) is 9.90 Å². The summed E-state index contributed by atoms with van der Waals surface area (Å²) in [6.45, 7) is 1.79. The Hall–Kier alpha value is -1.26. The van der Waals surface area contributed by atoms with Crippen molar-refractivity contribution in [3.63, 3.8) is 0 Å². The van der Waals surface area contributed by atoms with Crippen LogP contribution in [0.2, 0.25) is 5.02 Å². The van der Waals surface area contributed by atoms with E-state index in [0.717, 1.165) is 0 Å². The molecule has 3 N–H and O–H groups in total. The smallest absolute Gasteiger partial charge is 0.328 e. The number of carbonyl (C=O) groups is 1. The zero-order valence-electron chi connectivity index (χ0n) is 8.74. The maximum Gasteiger partial charge on any atom is 0.328 e. The highest BCUT2D eigenvalue weighted by Crippen LogP contribution is 2.39. The Kier molecular flexibility index (Phi) is 2.56. The van der Waals surface area contributed by atoms with E-state index in [1.54, 1.807) is 25.1 Å². The molecule has 86 valence electrons. The third-order valence-corrected chi connectivity index (χ3v) is 2.98. The van der Waals surface area contributed by atoms with E-state index in [1.807, 2.05) is 0 Å². The van der Waals surface area contributed by atoms with E-state index >= 15 is 0 Å². The molecule has 0 saturated carbocycles. The number of hydrogen-bond donors (Lipinski definition) is 2. The molecule has 5 heteroatoms. The van der Waals surface area contributed by atoms with Crippen molar-refractivity contribution < 1.29 is 14.6 Å². The number of benzene rings is 1. The number of nitrogens with two attached hydrogens (primary N) is 1. The van der Waals surface area contributed by atoms with E-state index in [4.69, 9.17) is 22.1 Å². The number of hydrogen-bond acceptors (Lipinski definition) is 3. The average Bonchev–Trinajstić information content (AvgIpc) is 2.19. The van der Waals surface area contributed by atoms with Crippen molar-refractivity contribution >= 4 is 17.6 Å². The van der Waals surface area contributed by atoms with Crippen LogP contribution >= 0.6 is 11.6 Å². The molecule has 2 rings (SSSR count). The van der Waals surface area contributed by atoms with Crippen molar-refractivity contribution in [3.8, 4) is 5.75 Å². The number of carboxylic acid groups (broad SMARTS) is 1. The lowest BCUT2D eigenvalue weighted by Gasteiger charge is -2.35. The van der Waals surface area contributed by atoms with Gasteiger partial charge in [-0.15, -0.1) is 0 Å². The first-order valence-corrected chi connectivity index (χ1v) is 5.30. The SMILES string of the molecule is C[C@@H]1C[C@@](N)(C(=O)O)c2cc(Cl)ccc2O1. The van der Waals surface area contributed by atoms with E-state index < -0.39 is 11.5 Å². The van der Waals surface area contributed by atoms with Gasteiger partial charge in [-0.05, 0) is 25.1 Å². The minimum atomic E-state index is -1.42. The lowest BCUT2D eigenvalue weighted by molar-refractivity contribution is -0.145. The molecular formula is C11H12ClNO3. The molecular weight excluding hydrogens is 230 g/mol. The van der Waals surface area contributed by atoms with Gasteiger partial charge in [-0.25, -0.2) is 4.79 Å². The molecule has 1 heterocycles. The van der Waals surface area contributed by atoms with E-state index in [-0.39, 0.29) is 12.5 Å². The van der Waals surface area contributed by atoms with Gasteiger partial charge < -0.3 is 15.6 Å². The van der Waals surface area contributed by atoms with E-state index in [0.29, 0.717) is 16.3 Å². The van der Waals surface area contributed by atoms with Crippen LogP contribution in [0.1, 0.15) is 18.9 Å². The molecule has 1 aromatic rings. The van der Waals surface area contributed by atoms with Crippen molar-refractivity contribution in [1.29, 1.82) is 0 Å². The predicted molar refractivity (Wildman–Crippen MR) is 59.7 cm³/mol. The van der Waals surface area contributed by atoms with Gasteiger partial charge in [0.05, 0.1) is 6.10 Å². The first kappa shape index (κ1) is 11.2. The van der Waals surface area contributed by atoms with Gasteiger partial charge in [0.2, 0.25) is 0 Å². The molecule has 1 aromatic carbocycles. The normalized spacial score (nSPS) is 28.1. The zero-order chi connectivity index (χ0) is 11.9. The second kappa shape index (κ2) is 3.64. The first-order valence-electron chi connectivity index (χ1n) is 4.92. The van der Waals surface area contributed by atoms with Gasteiger partial charge in [-0.2, -0.15) is 0 Å². The molecule has 2 atom stereocenters. The fraction of sp³-hybridized carbons (Fsp3) is 0.364. The summed E-state index contributed by atoms with van der Waals surface area (Å²) >= 11 is 5.84. The van der Waals surface area contributed by atoms with Gasteiger partial charge >= 0.3 is 5.97 Å². The van der Waals surface area contributed by atoms with E-state index in [1.165, 1.54) is 0 Å². The number of aliphatic carboxylic acids is 1. The van der Waals surface area contributed by atoms with E-state index in [2.05, 4.69) is 0 Å². The Balaban J connectivity index is 2.60. The third kappa shape index (κ3) is 1.64. The van der Waals surface area contributed by atoms with Crippen LogP contribution in [0.4, 0.5) is 0 Å². The number of carboxylic acids is 1. The first-order chi connectivity index (χ1) is 7.43. The van der Waals surface area contributed by atoms with Crippen molar-refractivity contribution in [2.45, 2.75) is 25.0 Å². The summed E-state index contributed by atoms with van der Waals surface area (Å²) in [7, 11) is 0. The highest BCUT2D eigenvalue weighted by atomic mass is 35.5. The molecule has 0 aromatic heterocycles. The maximum atomic E-state index is 11.3. The summed E-state index contributed by atoms with van der Waals surface area (Å²) in [6, 6.07) is 4.86. The minimum Gasteiger partial charge on any atom is -0.490 e. The molecule has 0 unspecified atom stereocenters. The van der Waals surface area contributed by atoms with Crippen molar-refractivity contribution in [2.75, 3.05) is 0 Å². The quantitative estimate of drug-likeness (QED) is 0.786. The molecule has 16 heavy (non-hydrogen) atoms. The van der Waals surface area contributed by atoms with Crippen LogP contribution in [0, 0.1) is 0 Å². The molecule has 0 saturated heterocycles. The highest BCUT2D eigenvalue weighted by Gasteiger charge is 2.43. The second-order valence-corrected chi connectivity index (χ2v) is 4.49. The fourth-order valence-electron chi connectivity index (χ4n) is 1.98. The van der Waals surface area contributed by atoms with Gasteiger partial charge in [0.25, 0.3) is 0 Å². The van der Waals surface area contributed by atoms with Crippen molar-refractivity contribution in [1.82, 2.24) is 0 Å². The summed E-state index contributed by atoms with van der Waals surface area (Å²) in [6.07, 6.45) is 0.00476. The van der Waals surface area contributed by atoms with Crippen LogP contribution in [0.25, 0.3) is 0 Å². The second-order valence-electron chi connectivity index (χ2n) is 4.05. The van der Waals surface area contributed by atoms with Crippen LogP contribution in [0.3, 0.4) is 0 Å². The van der Waals surface area contributed by atoms with Crippen LogP contribution in [-0.4, -0.2) is 17.2 Å².